The summed E-state index contributed by atoms with van der Waals surface area (Å²) in [5.41, 5.74) is 3.55. The summed E-state index contributed by atoms with van der Waals surface area (Å²) in [6, 6.07) is 6.30. The van der Waals surface area contributed by atoms with Gasteiger partial charge in [-0.1, -0.05) is 12.1 Å². The van der Waals surface area contributed by atoms with Crippen LogP contribution in [0.1, 0.15) is 30.4 Å². The second-order valence-electron chi connectivity index (χ2n) is 6.87. The number of anilines is 1. The van der Waals surface area contributed by atoms with Crippen molar-refractivity contribution < 1.29 is 19.1 Å². The van der Waals surface area contributed by atoms with Gasteiger partial charge in [0.1, 0.15) is 12.8 Å². The fourth-order valence-corrected chi connectivity index (χ4v) is 4.55. The van der Waals surface area contributed by atoms with Crippen molar-refractivity contribution in [2.75, 3.05) is 31.7 Å². The molecule has 1 aromatic rings. The third-order valence-corrected chi connectivity index (χ3v) is 5.62. The Balaban J connectivity index is 1.62. The Hall–Kier alpha value is -2.08. The molecule has 0 aliphatic carbocycles. The van der Waals surface area contributed by atoms with Crippen LogP contribution in [0.3, 0.4) is 0 Å². The topological polar surface area (TPSA) is 59.1 Å². The number of carbonyl (C=O) groups excluding carboxylic acids is 2. The summed E-state index contributed by atoms with van der Waals surface area (Å²) < 4.78 is 10.9. The fourth-order valence-electron chi connectivity index (χ4n) is 4.55. The highest BCUT2D eigenvalue weighted by Gasteiger charge is 2.54. The summed E-state index contributed by atoms with van der Waals surface area (Å²) in [5.74, 6) is -0.151. The van der Waals surface area contributed by atoms with E-state index >= 15 is 0 Å². The van der Waals surface area contributed by atoms with Gasteiger partial charge in [-0.2, -0.15) is 0 Å². The average Bonchev–Trinajstić information content (AvgIpc) is 3.23. The molecule has 2 atom stereocenters. The lowest BCUT2D eigenvalue weighted by molar-refractivity contribution is -0.128. The van der Waals surface area contributed by atoms with Gasteiger partial charge < -0.3 is 14.4 Å². The van der Waals surface area contributed by atoms with Crippen molar-refractivity contribution in [3.05, 3.63) is 29.3 Å². The zero-order chi connectivity index (χ0) is 16.9. The van der Waals surface area contributed by atoms with Crippen molar-refractivity contribution in [1.82, 2.24) is 4.90 Å². The Morgan fingerprint density at radius 1 is 1.38 bits per heavy atom. The number of cyclic esters (lactones) is 1. The van der Waals surface area contributed by atoms with Crippen LogP contribution in [0.2, 0.25) is 0 Å². The molecule has 1 aromatic carbocycles. The molecule has 24 heavy (non-hydrogen) atoms. The second kappa shape index (κ2) is 5.48. The first kappa shape index (κ1) is 15.4. The summed E-state index contributed by atoms with van der Waals surface area (Å²) in [4.78, 5) is 27.4. The molecule has 2 fully saturated rings. The molecule has 0 radical (unpaired) electrons. The van der Waals surface area contributed by atoms with Crippen LogP contribution in [0.4, 0.5) is 10.5 Å². The van der Waals surface area contributed by atoms with E-state index in [0.29, 0.717) is 32.6 Å². The van der Waals surface area contributed by atoms with Gasteiger partial charge in [-0.15, -0.1) is 0 Å². The summed E-state index contributed by atoms with van der Waals surface area (Å²) in [6.45, 7) is 3.48. The molecule has 0 N–H and O–H groups in total. The van der Waals surface area contributed by atoms with Crippen molar-refractivity contribution in [2.24, 2.45) is 0 Å². The second-order valence-corrected chi connectivity index (χ2v) is 6.87. The van der Waals surface area contributed by atoms with Gasteiger partial charge in [0.2, 0.25) is 5.91 Å². The normalized spacial score (nSPS) is 28.1. The van der Waals surface area contributed by atoms with Crippen LogP contribution in [0, 0.1) is 6.92 Å². The van der Waals surface area contributed by atoms with Crippen LogP contribution in [-0.2, 0) is 19.7 Å². The first-order valence-electron chi connectivity index (χ1n) is 8.46. The Morgan fingerprint density at radius 2 is 2.21 bits per heavy atom. The molecule has 2 unspecified atom stereocenters. The number of carbonyl (C=O) groups is 2. The lowest BCUT2D eigenvalue weighted by Crippen LogP contribution is -2.41. The quantitative estimate of drug-likeness (QED) is 0.850. The summed E-state index contributed by atoms with van der Waals surface area (Å²) in [7, 11) is 2.05. The highest BCUT2D eigenvalue weighted by atomic mass is 16.6. The molecule has 6 heteroatoms. The van der Waals surface area contributed by atoms with E-state index in [4.69, 9.17) is 9.47 Å². The van der Waals surface area contributed by atoms with Crippen molar-refractivity contribution in [3.63, 3.8) is 0 Å². The number of benzene rings is 1. The number of rotatable bonds is 3. The zero-order valence-electron chi connectivity index (χ0n) is 14.1. The number of hydrogen-bond acceptors (Lipinski definition) is 5. The van der Waals surface area contributed by atoms with Crippen LogP contribution in [0.25, 0.3) is 0 Å². The van der Waals surface area contributed by atoms with Crippen molar-refractivity contribution in [3.8, 4) is 0 Å². The zero-order valence-corrected chi connectivity index (χ0v) is 14.1. The van der Waals surface area contributed by atoms with E-state index in [9.17, 15) is 9.59 Å². The Morgan fingerprint density at radius 3 is 2.96 bits per heavy atom. The van der Waals surface area contributed by atoms with Crippen molar-refractivity contribution in [1.29, 1.82) is 0 Å². The molecule has 4 rings (SSSR count). The number of imide groups is 1. The largest absolute Gasteiger partial charge is 0.447 e. The molecule has 2 amide bonds. The Kier molecular flexibility index (Phi) is 3.53. The van der Waals surface area contributed by atoms with Gasteiger partial charge >= 0.3 is 6.09 Å². The molecule has 0 spiro atoms. The van der Waals surface area contributed by atoms with Gasteiger partial charge in [-0.05, 0) is 37.0 Å². The average molecular weight is 330 g/mol. The first-order chi connectivity index (χ1) is 11.5. The van der Waals surface area contributed by atoms with E-state index in [0.717, 1.165) is 6.42 Å². The van der Waals surface area contributed by atoms with Crippen LogP contribution < -0.4 is 4.90 Å². The molecule has 2 saturated heterocycles. The number of amides is 2. The van der Waals surface area contributed by atoms with Crippen LogP contribution in [-0.4, -0.2) is 49.9 Å². The van der Waals surface area contributed by atoms with Gasteiger partial charge in [-0.25, -0.2) is 9.69 Å². The van der Waals surface area contributed by atoms with Gasteiger partial charge in [-0.3, -0.25) is 4.79 Å². The summed E-state index contributed by atoms with van der Waals surface area (Å²) >= 11 is 0. The van der Waals surface area contributed by atoms with Crippen LogP contribution in [0.5, 0.6) is 0 Å². The minimum Gasteiger partial charge on any atom is -0.447 e. The highest BCUT2D eigenvalue weighted by molar-refractivity contribution is 5.93. The molecule has 0 aromatic heterocycles. The lowest BCUT2D eigenvalue weighted by atomic mass is 9.74. The van der Waals surface area contributed by atoms with E-state index in [2.05, 4.69) is 37.1 Å². The lowest BCUT2D eigenvalue weighted by Gasteiger charge is -2.31. The third kappa shape index (κ3) is 2.05. The summed E-state index contributed by atoms with van der Waals surface area (Å²) in [6.07, 6.45) is 1.36. The molecule has 0 bridgehead atoms. The molecule has 128 valence electrons. The third-order valence-electron chi connectivity index (χ3n) is 5.62. The molecule has 0 saturated carbocycles. The number of likely N-dealkylation sites (N-methyl/N-ethyl adjacent to an activating group) is 1. The fraction of sp³-hybridized carbons (Fsp3) is 0.556. The van der Waals surface area contributed by atoms with Gasteiger partial charge in [0.05, 0.1) is 13.2 Å². The van der Waals surface area contributed by atoms with Gasteiger partial charge in [0.25, 0.3) is 0 Å². The maximum Gasteiger partial charge on any atom is 0.416 e. The maximum atomic E-state index is 12.4. The molecule has 6 nitrogen and oxygen atoms in total. The van der Waals surface area contributed by atoms with Gasteiger partial charge in [0, 0.05) is 24.6 Å². The van der Waals surface area contributed by atoms with E-state index < -0.39 is 6.09 Å². The molecular formula is C18H22N2O4. The van der Waals surface area contributed by atoms with E-state index in [-0.39, 0.29) is 17.6 Å². The van der Waals surface area contributed by atoms with Gasteiger partial charge in [0.15, 0.2) is 0 Å². The molecular weight excluding hydrogens is 308 g/mol. The molecule has 3 aliphatic heterocycles. The van der Waals surface area contributed by atoms with Crippen molar-refractivity contribution >= 4 is 17.7 Å². The number of nitrogens with zero attached hydrogens (tertiary/aromatic N) is 2. The smallest absolute Gasteiger partial charge is 0.416 e. The number of aryl methyl sites for hydroxylation is 1. The van der Waals surface area contributed by atoms with Crippen LogP contribution >= 0.6 is 0 Å². The Bertz CT molecular complexity index is 704. The van der Waals surface area contributed by atoms with Crippen LogP contribution in [0.15, 0.2) is 18.2 Å². The minimum absolute atomic E-state index is 0.0353. The maximum absolute atomic E-state index is 12.4. The van der Waals surface area contributed by atoms with Crippen molar-refractivity contribution in [2.45, 2.75) is 37.8 Å². The molecule has 3 heterocycles. The van der Waals surface area contributed by atoms with E-state index in [1.165, 1.54) is 21.7 Å². The number of hydrogen-bond donors (Lipinski definition) is 0. The highest BCUT2D eigenvalue weighted by Crippen LogP contribution is 2.54. The first-order valence-corrected chi connectivity index (χ1v) is 8.46. The predicted octanol–water partition coefficient (Wildman–Crippen LogP) is 2.19. The number of ether oxygens (including phenoxy) is 2. The van der Waals surface area contributed by atoms with E-state index in [1.807, 2.05) is 0 Å². The summed E-state index contributed by atoms with van der Waals surface area (Å²) in [5, 5.41) is 0. The number of fused-ring (bicyclic) bond motifs is 3. The monoisotopic (exact) mass is 330 g/mol. The molecule has 3 aliphatic rings. The standard InChI is InChI=1S/C18H22N2O4/c1-12-4-3-5-13-15(12)18(8-10-23-16(18)19(13)2)7-6-14(21)20-9-11-24-17(20)22/h3-5,16H,6-11H2,1-2H3. The van der Waals surface area contributed by atoms with E-state index in [1.54, 1.807) is 0 Å². The SMILES string of the molecule is Cc1cccc2c1C1(CCC(=O)N3CCOC3=O)CCOC1N2C. The minimum atomic E-state index is -0.517. The Labute approximate surface area is 141 Å². The predicted molar refractivity (Wildman–Crippen MR) is 87.9 cm³/mol.